The van der Waals surface area contributed by atoms with Gasteiger partial charge >= 0.3 is 5.69 Å². The number of pyridine rings is 1. The lowest BCUT2D eigenvalue weighted by atomic mass is 10.0. The van der Waals surface area contributed by atoms with Crippen molar-refractivity contribution in [2.24, 2.45) is 0 Å². The predicted octanol–water partition coefficient (Wildman–Crippen LogP) is 3.82. The Bertz CT molecular complexity index is 760. The monoisotopic (exact) mass is 252 g/mol. The number of rotatable bonds is 2. The number of fused-ring (bicyclic) bond motifs is 1. The zero-order valence-electron chi connectivity index (χ0n) is 10.4. The van der Waals surface area contributed by atoms with Crippen LogP contribution in [0.2, 0.25) is 0 Å². The van der Waals surface area contributed by atoms with E-state index in [-0.39, 0.29) is 10.6 Å². The zero-order chi connectivity index (χ0) is 13.4. The average molecular weight is 252 g/mol. The lowest BCUT2D eigenvalue weighted by molar-refractivity contribution is -0.382. The summed E-state index contributed by atoms with van der Waals surface area (Å²) in [5.41, 5.74) is 3.24. The van der Waals surface area contributed by atoms with Gasteiger partial charge in [-0.15, -0.1) is 0 Å². The molecule has 0 N–H and O–H groups in total. The molecule has 3 aromatic rings. The van der Waals surface area contributed by atoms with Gasteiger partial charge in [0.15, 0.2) is 0 Å². The van der Waals surface area contributed by atoms with Crippen LogP contribution in [0.25, 0.3) is 16.6 Å². The van der Waals surface area contributed by atoms with Crippen LogP contribution in [0, 0.1) is 17.0 Å². The van der Waals surface area contributed by atoms with Gasteiger partial charge in [0.2, 0.25) is 0 Å². The van der Waals surface area contributed by atoms with Gasteiger partial charge in [0, 0.05) is 11.9 Å². The number of benzene rings is 1. The Morgan fingerprint density at radius 1 is 1.05 bits per heavy atom. The molecule has 94 valence electrons. The molecule has 0 amide bonds. The number of aryl methyl sites for hydroxylation is 1. The van der Waals surface area contributed by atoms with Crippen LogP contribution in [-0.4, -0.2) is 9.32 Å². The summed E-state index contributed by atoms with van der Waals surface area (Å²) in [4.78, 5) is 11.1. The van der Waals surface area contributed by atoms with Crippen molar-refractivity contribution in [3.8, 4) is 11.1 Å². The summed E-state index contributed by atoms with van der Waals surface area (Å²) in [6, 6.07) is 14.9. The van der Waals surface area contributed by atoms with E-state index in [1.165, 1.54) is 0 Å². The van der Waals surface area contributed by atoms with Crippen molar-refractivity contribution in [1.29, 1.82) is 0 Å². The van der Waals surface area contributed by atoms with E-state index in [9.17, 15) is 10.1 Å². The third-order valence-corrected chi connectivity index (χ3v) is 3.31. The average Bonchev–Trinajstić information content (AvgIpc) is 2.74. The molecule has 4 nitrogen and oxygen atoms in total. The van der Waals surface area contributed by atoms with Gasteiger partial charge in [-0.1, -0.05) is 36.4 Å². The summed E-state index contributed by atoms with van der Waals surface area (Å²) >= 11 is 0. The molecule has 3 rings (SSSR count). The van der Waals surface area contributed by atoms with E-state index < -0.39 is 0 Å². The molecule has 2 heterocycles. The van der Waals surface area contributed by atoms with Gasteiger partial charge in [0.1, 0.15) is 5.52 Å². The molecule has 0 saturated heterocycles. The van der Waals surface area contributed by atoms with Crippen LogP contribution in [0.4, 0.5) is 5.69 Å². The van der Waals surface area contributed by atoms with Gasteiger partial charge < -0.3 is 4.40 Å². The van der Waals surface area contributed by atoms with Crippen molar-refractivity contribution in [2.45, 2.75) is 6.92 Å². The predicted molar refractivity (Wildman–Crippen MR) is 74.2 cm³/mol. The van der Waals surface area contributed by atoms with Crippen LogP contribution in [0.1, 0.15) is 5.69 Å². The molecule has 2 aromatic heterocycles. The van der Waals surface area contributed by atoms with E-state index in [1.54, 1.807) is 6.07 Å². The molecule has 0 saturated carbocycles. The molecule has 0 aliphatic heterocycles. The van der Waals surface area contributed by atoms with E-state index >= 15 is 0 Å². The fourth-order valence-corrected chi connectivity index (χ4v) is 2.48. The van der Waals surface area contributed by atoms with Crippen molar-refractivity contribution < 1.29 is 4.92 Å². The van der Waals surface area contributed by atoms with Gasteiger partial charge in [0.05, 0.1) is 10.5 Å². The van der Waals surface area contributed by atoms with Gasteiger partial charge in [-0.3, -0.25) is 10.1 Å². The summed E-state index contributed by atoms with van der Waals surface area (Å²) in [5, 5.41) is 11.4. The molecular formula is C15H12N2O2. The Labute approximate surface area is 110 Å². The van der Waals surface area contributed by atoms with Crippen molar-refractivity contribution in [3.05, 3.63) is 70.5 Å². The summed E-state index contributed by atoms with van der Waals surface area (Å²) < 4.78 is 1.86. The maximum Gasteiger partial charge on any atom is 0.302 e. The van der Waals surface area contributed by atoms with E-state index in [2.05, 4.69) is 0 Å². The van der Waals surface area contributed by atoms with Crippen molar-refractivity contribution in [2.75, 3.05) is 0 Å². The minimum atomic E-state index is -0.301. The fourth-order valence-electron chi connectivity index (χ4n) is 2.48. The van der Waals surface area contributed by atoms with Crippen molar-refractivity contribution in [1.82, 2.24) is 4.40 Å². The molecule has 0 unspecified atom stereocenters. The highest BCUT2D eigenvalue weighted by molar-refractivity contribution is 5.87. The Hall–Kier alpha value is -2.62. The molecular weight excluding hydrogens is 240 g/mol. The molecule has 0 bridgehead atoms. The molecule has 0 atom stereocenters. The van der Waals surface area contributed by atoms with E-state index in [0.29, 0.717) is 11.1 Å². The summed E-state index contributed by atoms with van der Waals surface area (Å²) in [6.07, 6.45) is 1.85. The SMILES string of the molecule is Cc1c(-c2ccccc2)c([N+](=O)[O-])c2ccccn12. The number of aromatic nitrogens is 1. The number of hydrogen-bond acceptors (Lipinski definition) is 2. The second kappa shape index (κ2) is 4.24. The molecule has 0 aliphatic carbocycles. The Morgan fingerprint density at radius 3 is 2.42 bits per heavy atom. The van der Waals surface area contributed by atoms with Gasteiger partial charge in [-0.05, 0) is 24.6 Å². The molecule has 4 heteroatoms. The van der Waals surface area contributed by atoms with Crippen molar-refractivity contribution in [3.63, 3.8) is 0 Å². The maximum atomic E-state index is 11.4. The third-order valence-electron chi connectivity index (χ3n) is 3.31. The van der Waals surface area contributed by atoms with E-state index in [0.717, 1.165) is 11.3 Å². The quantitative estimate of drug-likeness (QED) is 0.514. The molecule has 0 radical (unpaired) electrons. The van der Waals surface area contributed by atoms with Crippen LogP contribution in [0.5, 0.6) is 0 Å². The van der Waals surface area contributed by atoms with Crippen LogP contribution in [-0.2, 0) is 0 Å². The van der Waals surface area contributed by atoms with Crippen LogP contribution in [0.15, 0.2) is 54.7 Å². The van der Waals surface area contributed by atoms with Crippen LogP contribution < -0.4 is 0 Å². The third kappa shape index (κ3) is 1.69. The summed E-state index contributed by atoms with van der Waals surface area (Å²) in [6.45, 7) is 1.91. The first-order valence-corrected chi connectivity index (χ1v) is 5.99. The Kier molecular flexibility index (Phi) is 2.56. The second-order valence-electron chi connectivity index (χ2n) is 4.39. The van der Waals surface area contributed by atoms with E-state index in [1.807, 2.05) is 60.0 Å². The highest BCUT2D eigenvalue weighted by Crippen LogP contribution is 2.38. The van der Waals surface area contributed by atoms with Crippen LogP contribution >= 0.6 is 0 Å². The largest absolute Gasteiger partial charge is 0.314 e. The maximum absolute atomic E-state index is 11.4. The zero-order valence-corrected chi connectivity index (χ0v) is 10.4. The molecule has 1 aromatic carbocycles. The molecule has 0 aliphatic rings. The smallest absolute Gasteiger partial charge is 0.302 e. The fraction of sp³-hybridized carbons (Fsp3) is 0.0667. The normalized spacial score (nSPS) is 10.8. The van der Waals surface area contributed by atoms with Crippen molar-refractivity contribution >= 4 is 11.2 Å². The topological polar surface area (TPSA) is 47.5 Å². The molecule has 19 heavy (non-hydrogen) atoms. The Balaban J connectivity index is 2.44. The lowest BCUT2D eigenvalue weighted by Crippen LogP contribution is -1.89. The minimum Gasteiger partial charge on any atom is -0.314 e. The lowest BCUT2D eigenvalue weighted by Gasteiger charge is -2.00. The first-order chi connectivity index (χ1) is 9.20. The molecule has 0 fully saturated rings. The second-order valence-corrected chi connectivity index (χ2v) is 4.39. The van der Waals surface area contributed by atoms with Gasteiger partial charge in [0.25, 0.3) is 0 Å². The summed E-state index contributed by atoms with van der Waals surface area (Å²) in [5.74, 6) is 0. The minimum absolute atomic E-state index is 0.171. The van der Waals surface area contributed by atoms with Gasteiger partial charge in [-0.25, -0.2) is 0 Å². The number of nitro groups is 1. The highest BCUT2D eigenvalue weighted by Gasteiger charge is 2.25. The van der Waals surface area contributed by atoms with Crippen LogP contribution in [0.3, 0.4) is 0 Å². The van der Waals surface area contributed by atoms with E-state index in [4.69, 9.17) is 0 Å². The Morgan fingerprint density at radius 2 is 1.74 bits per heavy atom. The highest BCUT2D eigenvalue weighted by atomic mass is 16.6. The standard InChI is InChI=1S/C15H12N2O2/c1-11-14(12-7-3-2-4-8-12)15(17(18)19)13-9-5-6-10-16(11)13/h2-10H,1H3. The summed E-state index contributed by atoms with van der Waals surface area (Å²) in [7, 11) is 0. The molecule has 0 spiro atoms. The number of hydrogen-bond donors (Lipinski definition) is 0. The van der Waals surface area contributed by atoms with Gasteiger partial charge in [-0.2, -0.15) is 0 Å². The first-order valence-electron chi connectivity index (χ1n) is 5.99. The number of nitrogens with zero attached hydrogens (tertiary/aromatic N) is 2. The first kappa shape index (κ1) is 11.5.